The molecule has 1 heterocycles. The monoisotopic (exact) mass is 311 g/mol. The van der Waals surface area contributed by atoms with Crippen molar-refractivity contribution in [3.8, 4) is 0 Å². The minimum atomic E-state index is -3.49. The van der Waals surface area contributed by atoms with Gasteiger partial charge in [-0.05, 0) is 18.6 Å². The predicted molar refractivity (Wildman–Crippen MR) is 81.6 cm³/mol. The topological polar surface area (TPSA) is 69.7 Å². The van der Waals surface area contributed by atoms with Crippen LogP contribution in [0.1, 0.15) is 12.8 Å². The van der Waals surface area contributed by atoms with Crippen LogP contribution in [0.3, 0.4) is 0 Å². The summed E-state index contributed by atoms with van der Waals surface area (Å²) in [5.41, 5.74) is 0.582. The van der Waals surface area contributed by atoms with Crippen LogP contribution in [-0.2, 0) is 14.8 Å². The van der Waals surface area contributed by atoms with Gasteiger partial charge in [-0.1, -0.05) is 12.1 Å². The predicted octanol–water partition coefficient (Wildman–Crippen LogP) is 0.970. The molecule has 1 atom stereocenters. The molecule has 7 heteroatoms. The average Bonchev–Trinajstić information content (AvgIpc) is 2.43. The van der Waals surface area contributed by atoms with Crippen molar-refractivity contribution < 1.29 is 13.2 Å². The van der Waals surface area contributed by atoms with Crippen molar-refractivity contribution in [1.82, 2.24) is 9.21 Å². The Kier molecular flexibility index (Phi) is 4.53. The van der Waals surface area contributed by atoms with Crippen LogP contribution in [0.15, 0.2) is 29.2 Å². The molecule has 1 saturated heterocycles. The first-order valence-corrected chi connectivity index (χ1v) is 8.28. The van der Waals surface area contributed by atoms with Gasteiger partial charge in [-0.2, -0.15) is 0 Å². The third-order valence-electron chi connectivity index (χ3n) is 3.63. The third-order valence-corrected chi connectivity index (χ3v) is 5.51. The van der Waals surface area contributed by atoms with E-state index in [2.05, 4.69) is 5.32 Å². The summed E-state index contributed by atoms with van der Waals surface area (Å²) in [7, 11) is 1.30. The van der Waals surface area contributed by atoms with Crippen LogP contribution >= 0.6 is 0 Å². The summed E-state index contributed by atoms with van der Waals surface area (Å²) in [4.78, 5) is 13.4. The molecule has 0 bridgehead atoms. The lowest BCUT2D eigenvalue weighted by Crippen LogP contribution is -2.43. The Morgan fingerprint density at radius 1 is 1.29 bits per heavy atom. The molecule has 1 N–H and O–H groups in total. The normalized spacial score (nSPS) is 19.9. The second kappa shape index (κ2) is 6.03. The lowest BCUT2D eigenvalue weighted by molar-refractivity contribution is -0.132. The molecule has 1 aromatic rings. The van der Waals surface area contributed by atoms with Crippen LogP contribution in [0.25, 0.3) is 0 Å². The Bertz CT molecular complexity index is 628. The molecule has 0 aliphatic carbocycles. The molecule has 0 radical (unpaired) electrons. The molecule has 21 heavy (non-hydrogen) atoms. The number of amides is 1. The van der Waals surface area contributed by atoms with Crippen molar-refractivity contribution >= 4 is 21.6 Å². The Morgan fingerprint density at radius 2 is 1.95 bits per heavy atom. The second-order valence-electron chi connectivity index (χ2n) is 5.44. The van der Waals surface area contributed by atoms with Crippen molar-refractivity contribution in [2.24, 2.45) is 0 Å². The molecule has 1 amide bonds. The fourth-order valence-electron chi connectivity index (χ4n) is 2.36. The highest BCUT2D eigenvalue weighted by atomic mass is 32.2. The van der Waals surface area contributed by atoms with E-state index in [0.29, 0.717) is 25.1 Å². The van der Waals surface area contributed by atoms with Crippen molar-refractivity contribution in [1.29, 1.82) is 0 Å². The minimum Gasteiger partial charge on any atom is -0.379 e. The van der Waals surface area contributed by atoms with E-state index in [0.717, 1.165) is 0 Å². The van der Waals surface area contributed by atoms with E-state index >= 15 is 0 Å². The molecule has 116 valence electrons. The summed E-state index contributed by atoms with van der Waals surface area (Å²) >= 11 is 0. The van der Waals surface area contributed by atoms with E-state index < -0.39 is 10.0 Å². The highest BCUT2D eigenvalue weighted by Crippen LogP contribution is 2.25. The molecule has 0 spiro atoms. The summed E-state index contributed by atoms with van der Waals surface area (Å²) in [5, 5.41) is 3.26. The summed E-state index contributed by atoms with van der Waals surface area (Å²) in [5.74, 6) is 0.127. The van der Waals surface area contributed by atoms with Crippen LogP contribution in [0.2, 0.25) is 0 Å². The van der Waals surface area contributed by atoms with Gasteiger partial charge >= 0.3 is 0 Å². The Hall–Kier alpha value is -1.60. The Morgan fingerprint density at radius 3 is 2.57 bits per heavy atom. The smallest absolute Gasteiger partial charge is 0.244 e. The molecular weight excluding hydrogens is 290 g/mol. The molecular formula is C14H21N3O3S. The maximum atomic E-state index is 12.3. The standard InChI is InChI=1S/C14H21N3O3S/c1-16(2)21(19,20)13-7-5-4-6-12(13)15-11-8-9-14(18)17(3)10-11/h4-7,11,15H,8-10H2,1-3H3. The molecule has 6 nitrogen and oxygen atoms in total. The second-order valence-corrected chi connectivity index (χ2v) is 7.56. The van der Waals surface area contributed by atoms with Crippen molar-refractivity contribution in [2.45, 2.75) is 23.8 Å². The van der Waals surface area contributed by atoms with E-state index in [1.165, 1.54) is 18.4 Å². The van der Waals surface area contributed by atoms with Gasteiger partial charge in [-0.15, -0.1) is 0 Å². The van der Waals surface area contributed by atoms with Crippen LogP contribution in [0, 0.1) is 0 Å². The van der Waals surface area contributed by atoms with Gasteiger partial charge in [0.05, 0.1) is 5.69 Å². The van der Waals surface area contributed by atoms with Gasteiger partial charge in [0.15, 0.2) is 0 Å². The highest BCUT2D eigenvalue weighted by molar-refractivity contribution is 7.89. The Labute approximate surface area is 125 Å². The quantitative estimate of drug-likeness (QED) is 0.899. The number of anilines is 1. The third kappa shape index (κ3) is 3.36. The highest BCUT2D eigenvalue weighted by Gasteiger charge is 2.26. The zero-order valence-electron chi connectivity index (χ0n) is 12.5. The van der Waals surface area contributed by atoms with Gasteiger partial charge in [0.1, 0.15) is 4.90 Å². The van der Waals surface area contributed by atoms with Gasteiger partial charge in [0.25, 0.3) is 0 Å². The largest absolute Gasteiger partial charge is 0.379 e. The lowest BCUT2D eigenvalue weighted by Gasteiger charge is -2.31. The number of piperidine rings is 1. The zero-order chi connectivity index (χ0) is 15.6. The number of nitrogens with zero attached hydrogens (tertiary/aromatic N) is 2. The fourth-order valence-corrected chi connectivity index (χ4v) is 3.41. The first kappa shape index (κ1) is 15.8. The van der Waals surface area contributed by atoms with Gasteiger partial charge in [-0.3, -0.25) is 4.79 Å². The first-order valence-electron chi connectivity index (χ1n) is 6.84. The summed E-state index contributed by atoms with van der Waals surface area (Å²) < 4.78 is 25.9. The number of benzene rings is 1. The van der Waals surface area contributed by atoms with Crippen LogP contribution in [0.5, 0.6) is 0 Å². The van der Waals surface area contributed by atoms with E-state index in [-0.39, 0.29) is 16.8 Å². The molecule has 1 aliphatic rings. The van der Waals surface area contributed by atoms with Crippen molar-refractivity contribution in [3.63, 3.8) is 0 Å². The zero-order valence-corrected chi connectivity index (χ0v) is 13.4. The fraction of sp³-hybridized carbons (Fsp3) is 0.500. The number of hydrogen-bond donors (Lipinski definition) is 1. The number of carbonyl (C=O) groups excluding carboxylic acids is 1. The van der Waals surface area contributed by atoms with Gasteiger partial charge in [0, 0.05) is 40.2 Å². The molecule has 0 saturated carbocycles. The molecule has 1 aromatic carbocycles. The van der Waals surface area contributed by atoms with Gasteiger partial charge < -0.3 is 10.2 Å². The number of likely N-dealkylation sites (tertiary alicyclic amines) is 1. The lowest BCUT2D eigenvalue weighted by atomic mass is 10.1. The molecule has 1 fully saturated rings. The summed E-state index contributed by atoms with van der Waals surface area (Å²) in [6.45, 7) is 0.579. The van der Waals surface area contributed by atoms with E-state index in [9.17, 15) is 13.2 Å². The van der Waals surface area contributed by atoms with Crippen LogP contribution in [0.4, 0.5) is 5.69 Å². The van der Waals surface area contributed by atoms with Gasteiger partial charge in [-0.25, -0.2) is 12.7 Å². The molecule has 1 unspecified atom stereocenters. The minimum absolute atomic E-state index is 0.0613. The van der Waals surface area contributed by atoms with E-state index in [1.54, 1.807) is 36.2 Å². The number of rotatable bonds is 4. The maximum Gasteiger partial charge on any atom is 0.244 e. The van der Waals surface area contributed by atoms with Crippen molar-refractivity contribution in [3.05, 3.63) is 24.3 Å². The average molecular weight is 311 g/mol. The number of hydrogen-bond acceptors (Lipinski definition) is 4. The van der Waals surface area contributed by atoms with E-state index in [4.69, 9.17) is 0 Å². The first-order chi connectivity index (χ1) is 9.82. The number of para-hydroxylation sites is 1. The van der Waals surface area contributed by atoms with Crippen molar-refractivity contribution in [2.75, 3.05) is 33.0 Å². The van der Waals surface area contributed by atoms with Crippen LogP contribution < -0.4 is 5.32 Å². The Balaban J connectivity index is 2.24. The number of sulfonamides is 1. The summed E-state index contributed by atoms with van der Waals surface area (Å²) in [6.07, 6.45) is 1.19. The van der Waals surface area contributed by atoms with Crippen LogP contribution in [-0.4, -0.2) is 57.3 Å². The summed E-state index contributed by atoms with van der Waals surface area (Å²) in [6, 6.07) is 6.92. The number of carbonyl (C=O) groups is 1. The van der Waals surface area contributed by atoms with E-state index in [1.807, 2.05) is 0 Å². The maximum absolute atomic E-state index is 12.3. The molecule has 2 rings (SSSR count). The SMILES string of the molecule is CN1CC(Nc2ccccc2S(=O)(=O)N(C)C)CCC1=O. The van der Waals surface area contributed by atoms with Gasteiger partial charge in [0.2, 0.25) is 15.9 Å². The number of likely N-dealkylation sites (N-methyl/N-ethyl adjacent to an activating group) is 1. The molecule has 1 aliphatic heterocycles. The molecule has 0 aromatic heterocycles. The number of nitrogens with one attached hydrogen (secondary N) is 1.